The molecule has 0 aliphatic carbocycles. The lowest BCUT2D eigenvalue weighted by Gasteiger charge is -2.28. The molecule has 1 unspecified atom stereocenters. The number of carbonyl (C=O) groups excluding carboxylic acids is 3. The monoisotopic (exact) mass is 771 g/mol. The minimum Gasteiger partial charge on any atom is -0.506 e. The number of aromatic nitrogens is 1. The average Bonchev–Trinajstić information content (AvgIpc) is 3.14. The van der Waals surface area contributed by atoms with Crippen molar-refractivity contribution in [3.05, 3.63) is 101 Å². The van der Waals surface area contributed by atoms with Gasteiger partial charge >= 0.3 is 11.9 Å². The van der Waals surface area contributed by atoms with E-state index in [1.807, 2.05) is 50.8 Å². The fraction of sp³-hybridized carbons (Fsp3) is 0.333. The molecule has 0 bridgehead atoms. The average molecular weight is 772 g/mol. The van der Waals surface area contributed by atoms with Crippen LogP contribution in [0.1, 0.15) is 63.8 Å². The van der Waals surface area contributed by atoms with Gasteiger partial charge in [-0.15, -0.1) is 0 Å². The Morgan fingerprint density at radius 1 is 0.964 bits per heavy atom. The van der Waals surface area contributed by atoms with E-state index in [-0.39, 0.29) is 35.2 Å². The van der Waals surface area contributed by atoms with Crippen molar-refractivity contribution >= 4 is 58.0 Å². The number of rotatable bonds is 17. The van der Waals surface area contributed by atoms with Crippen molar-refractivity contribution in [1.29, 1.82) is 0 Å². The highest BCUT2D eigenvalue weighted by Gasteiger charge is 2.33. The fourth-order valence-electron chi connectivity index (χ4n) is 5.69. The Morgan fingerprint density at radius 3 is 2.31 bits per heavy atom. The van der Waals surface area contributed by atoms with E-state index < -0.39 is 30.0 Å². The normalized spacial score (nSPS) is 11.4. The van der Waals surface area contributed by atoms with Gasteiger partial charge in [0, 0.05) is 17.6 Å². The fourth-order valence-corrected chi connectivity index (χ4v) is 5.81. The molecule has 0 radical (unpaired) electrons. The number of pyridine rings is 1. The van der Waals surface area contributed by atoms with Gasteiger partial charge in [-0.1, -0.05) is 49.2 Å². The Balaban J connectivity index is 1.85. The number of esters is 1. The van der Waals surface area contributed by atoms with Gasteiger partial charge in [0.05, 0.1) is 34.5 Å². The van der Waals surface area contributed by atoms with Crippen molar-refractivity contribution in [3.8, 4) is 17.2 Å². The Labute approximate surface area is 328 Å². The first-order valence-corrected chi connectivity index (χ1v) is 18.6. The van der Waals surface area contributed by atoms with E-state index >= 15 is 0 Å². The Hall–Kier alpha value is -5.75. The largest absolute Gasteiger partial charge is 0.506 e. The number of halogens is 1. The highest BCUT2D eigenvalue weighted by Crippen LogP contribution is 2.41. The molecule has 0 saturated heterocycles. The Kier molecular flexibility index (Phi) is 14.9. The van der Waals surface area contributed by atoms with E-state index in [0.29, 0.717) is 47.4 Å². The van der Waals surface area contributed by atoms with Crippen LogP contribution >= 0.6 is 11.6 Å². The first-order valence-electron chi connectivity index (χ1n) is 18.2. The van der Waals surface area contributed by atoms with Crippen molar-refractivity contribution in [2.24, 2.45) is 0 Å². The van der Waals surface area contributed by atoms with Gasteiger partial charge in [-0.05, 0) is 115 Å². The third-order valence-electron chi connectivity index (χ3n) is 8.50. The number of anilines is 5. The maximum absolute atomic E-state index is 14.2. The lowest BCUT2D eigenvalue weighted by Crippen LogP contribution is -2.37. The van der Waals surface area contributed by atoms with Crippen LogP contribution in [0, 0.1) is 20.8 Å². The number of unbranched alkanes of at least 4 members (excludes halogenated alkanes) is 1. The molecule has 0 aliphatic rings. The van der Waals surface area contributed by atoms with Crippen molar-refractivity contribution in [2.75, 3.05) is 33.7 Å². The quantitative estimate of drug-likeness (QED) is 0.0412. The number of hydrogen-bond donors (Lipinski definition) is 3. The second kappa shape index (κ2) is 19.5. The Morgan fingerprint density at radius 2 is 1.69 bits per heavy atom. The molecule has 1 heterocycles. The molecular formula is C42H50ClN5O7. The van der Waals surface area contributed by atoms with Crippen molar-refractivity contribution in [1.82, 2.24) is 4.98 Å². The third-order valence-corrected chi connectivity index (χ3v) is 8.75. The molecule has 4 rings (SSSR count). The predicted octanol–water partition coefficient (Wildman–Crippen LogP) is 8.98. The van der Waals surface area contributed by atoms with Crippen molar-refractivity contribution < 1.29 is 33.7 Å². The first-order chi connectivity index (χ1) is 26.3. The zero-order valence-electron chi connectivity index (χ0n) is 32.4. The van der Waals surface area contributed by atoms with Crippen LogP contribution < -0.4 is 29.9 Å². The van der Waals surface area contributed by atoms with Gasteiger partial charge in [-0.25, -0.2) is 9.78 Å². The highest BCUT2D eigenvalue weighted by atomic mass is 35.5. The van der Waals surface area contributed by atoms with E-state index in [1.165, 1.54) is 12.1 Å². The molecular weight excluding hydrogens is 722 g/mol. The molecule has 2 amide bonds. The molecule has 55 heavy (non-hydrogen) atoms. The molecule has 13 heteroatoms. The summed E-state index contributed by atoms with van der Waals surface area (Å²) in [5.74, 6) is -1.34. The summed E-state index contributed by atoms with van der Waals surface area (Å²) < 4.78 is 17.5. The minimum absolute atomic E-state index is 0.0212. The number of phenols is 1. The predicted molar refractivity (Wildman–Crippen MR) is 218 cm³/mol. The molecule has 3 aromatic carbocycles. The number of benzene rings is 3. The molecule has 0 spiro atoms. The summed E-state index contributed by atoms with van der Waals surface area (Å²) in [7, 11) is 0. The van der Waals surface area contributed by atoms with E-state index in [4.69, 9.17) is 30.8 Å². The summed E-state index contributed by atoms with van der Waals surface area (Å²) in [6.07, 6.45) is 2.00. The summed E-state index contributed by atoms with van der Waals surface area (Å²) in [6, 6.07) is 18.5. The third kappa shape index (κ3) is 11.1. The lowest BCUT2D eigenvalue weighted by atomic mass is 10.1. The topological polar surface area (TPSA) is 143 Å². The molecule has 1 aromatic heterocycles. The molecule has 0 aliphatic heterocycles. The summed E-state index contributed by atoms with van der Waals surface area (Å²) in [5, 5.41) is 17.8. The number of ether oxygens (including phenoxy) is 3. The van der Waals surface area contributed by atoms with Crippen LogP contribution in [0.5, 0.6) is 17.2 Å². The van der Waals surface area contributed by atoms with Gasteiger partial charge in [0.15, 0.2) is 12.8 Å². The molecule has 4 aromatic rings. The van der Waals surface area contributed by atoms with Gasteiger partial charge in [0.1, 0.15) is 23.1 Å². The first kappa shape index (κ1) is 42.0. The van der Waals surface area contributed by atoms with Gasteiger partial charge in [0.25, 0.3) is 5.91 Å². The van der Waals surface area contributed by atoms with Gasteiger partial charge in [-0.2, -0.15) is 0 Å². The van der Waals surface area contributed by atoms with E-state index in [0.717, 1.165) is 22.4 Å². The van der Waals surface area contributed by atoms with Crippen molar-refractivity contribution in [2.45, 2.75) is 79.9 Å². The van der Waals surface area contributed by atoms with Crippen LogP contribution in [0.2, 0.25) is 5.02 Å². The molecule has 0 saturated carbocycles. The maximum Gasteiger partial charge on any atom is 0.398 e. The maximum atomic E-state index is 14.2. The minimum atomic E-state index is -1.13. The lowest BCUT2D eigenvalue weighted by molar-refractivity contribution is -0.156. The summed E-state index contributed by atoms with van der Waals surface area (Å²) in [5.41, 5.74) is 2.73. The number of nitrogens with zero attached hydrogens (tertiary/aromatic N) is 3. The molecule has 12 nitrogen and oxygen atoms in total. The standard InChI is InChI=1S/C42H50ClN5O7/c1-9-12-13-38(55-37-20-14-27(6)22-28(37)7)40(50)46-32-24-36(49)33(44-25-53-31-17-15-30(43)16-18-31)23-35(32)48(41(51)42(52)54-26(4)5)34-19-21-39(45-29(34)8)47(10-2)11-3/h10,14-24,26,38,44,49H,2,9,11-13,25H2,1,3-8H3,(H,46,50). The molecule has 292 valence electrons. The zero-order valence-corrected chi connectivity index (χ0v) is 33.2. The number of hydrogen-bond acceptors (Lipinski definition) is 10. The smallest absolute Gasteiger partial charge is 0.398 e. The SMILES string of the molecule is C=CN(CC)c1ccc(N(C(=O)C(=O)OC(C)C)c2cc(NCOc3ccc(Cl)cc3)c(O)cc2NC(=O)C(CCCC)Oc2ccc(C)cc2C)c(C)n1. The number of phenolic OH excluding ortho intramolecular Hbond substituents is 1. The summed E-state index contributed by atoms with van der Waals surface area (Å²) >= 11 is 6.02. The Bertz CT molecular complexity index is 1990. The zero-order chi connectivity index (χ0) is 40.2. The second-order valence-electron chi connectivity index (χ2n) is 13.2. The van der Waals surface area contributed by atoms with E-state index in [9.17, 15) is 19.5 Å². The summed E-state index contributed by atoms with van der Waals surface area (Å²) in [6.45, 7) is 17.1. The van der Waals surface area contributed by atoms with E-state index in [1.54, 1.807) is 63.4 Å². The molecule has 3 N–H and O–H groups in total. The number of nitrogens with one attached hydrogen (secondary N) is 2. The number of aromatic hydroxyl groups is 1. The number of amides is 2. The highest BCUT2D eigenvalue weighted by molar-refractivity contribution is 6.40. The van der Waals surface area contributed by atoms with Crippen LogP contribution in [-0.2, 0) is 19.1 Å². The van der Waals surface area contributed by atoms with Crippen LogP contribution in [0.4, 0.5) is 28.6 Å². The number of carbonyl (C=O) groups is 3. The van der Waals surface area contributed by atoms with Gasteiger partial charge < -0.3 is 34.9 Å². The van der Waals surface area contributed by atoms with E-state index in [2.05, 4.69) is 17.2 Å². The van der Waals surface area contributed by atoms with Crippen LogP contribution in [0.3, 0.4) is 0 Å². The van der Waals surface area contributed by atoms with Crippen LogP contribution in [0.15, 0.2) is 79.5 Å². The van der Waals surface area contributed by atoms with Crippen molar-refractivity contribution in [3.63, 3.8) is 0 Å². The van der Waals surface area contributed by atoms with Gasteiger partial charge in [0.2, 0.25) is 0 Å². The second-order valence-corrected chi connectivity index (χ2v) is 13.6. The molecule has 1 atom stereocenters. The number of aryl methyl sites for hydroxylation is 3. The molecule has 0 fully saturated rings. The van der Waals surface area contributed by atoms with Crippen LogP contribution in [0.25, 0.3) is 0 Å². The van der Waals surface area contributed by atoms with Crippen LogP contribution in [-0.4, -0.2) is 53.4 Å². The summed E-state index contributed by atoms with van der Waals surface area (Å²) in [4.78, 5) is 49.5. The van der Waals surface area contributed by atoms with Gasteiger partial charge in [-0.3, -0.25) is 14.5 Å².